The molecule has 0 radical (unpaired) electrons. The first-order chi connectivity index (χ1) is 9.99. The van der Waals surface area contributed by atoms with Crippen molar-refractivity contribution in [2.24, 2.45) is 0 Å². The molecule has 0 spiro atoms. The summed E-state index contributed by atoms with van der Waals surface area (Å²) in [5.41, 5.74) is 1.22. The number of carboxylic acids is 1. The topological polar surface area (TPSA) is 49.8 Å². The molecule has 21 heavy (non-hydrogen) atoms. The van der Waals surface area contributed by atoms with Gasteiger partial charge in [-0.2, -0.15) is 0 Å². The van der Waals surface area contributed by atoms with Crippen molar-refractivity contribution in [2.45, 2.75) is 18.6 Å². The highest BCUT2D eigenvalue weighted by Crippen LogP contribution is 2.45. The lowest BCUT2D eigenvalue weighted by Gasteiger charge is -2.06. The lowest BCUT2D eigenvalue weighted by atomic mass is 9.96. The third-order valence-electron chi connectivity index (χ3n) is 3.55. The van der Waals surface area contributed by atoms with Crippen molar-refractivity contribution in [2.75, 3.05) is 0 Å². The molecule has 0 amide bonds. The zero-order valence-electron chi connectivity index (χ0n) is 11.2. The van der Waals surface area contributed by atoms with Crippen molar-refractivity contribution in [1.29, 1.82) is 0 Å². The van der Waals surface area contributed by atoms with Gasteiger partial charge in [0.25, 0.3) is 0 Å². The number of aliphatic carboxylic acids is 1. The summed E-state index contributed by atoms with van der Waals surface area (Å²) in [7, 11) is 0. The Balaban J connectivity index is 1.73. The first kappa shape index (κ1) is 14.3. The number of halogens is 1. The van der Waals surface area contributed by atoms with Gasteiger partial charge < -0.3 is 9.84 Å². The SMILES string of the molecule is CC1(c2ccc(C=Cc3ccc(Cl)s3)cc2)OC1C(=O)O. The van der Waals surface area contributed by atoms with Crippen LogP contribution in [0.5, 0.6) is 0 Å². The lowest BCUT2D eigenvalue weighted by Crippen LogP contribution is -2.15. The predicted molar refractivity (Wildman–Crippen MR) is 84.6 cm³/mol. The molecule has 1 N–H and O–H groups in total. The van der Waals surface area contributed by atoms with Gasteiger partial charge in [-0.05, 0) is 36.3 Å². The Bertz CT molecular complexity index is 705. The Hall–Kier alpha value is -1.62. The molecule has 2 heterocycles. The molecule has 3 rings (SSSR count). The number of carboxylic acid groups (broad SMARTS) is 1. The molecule has 1 saturated heterocycles. The van der Waals surface area contributed by atoms with E-state index in [1.165, 1.54) is 11.3 Å². The number of ether oxygens (including phenoxy) is 1. The number of rotatable bonds is 4. The molecule has 5 heteroatoms. The first-order valence-electron chi connectivity index (χ1n) is 6.43. The molecular formula is C16H13ClO3S. The number of hydrogen-bond acceptors (Lipinski definition) is 3. The van der Waals surface area contributed by atoms with E-state index >= 15 is 0 Å². The average Bonchev–Trinajstić information content (AvgIpc) is 3.00. The van der Waals surface area contributed by atoms with Gasteiger partial charge in [0.2, 0.25) is 0 Å². The van der Waals surface area contributed by atoms with Crippen molar-refractivity contribution >= 4 is 41.1 Å². The summed E-state index contributed by atoms with van der Waals surface area (Å²) in [6.07, 6.45) is 3.25. The van der Waals surface area contributed by atoms with Gasteiger partial charge in [0.15, 0.2) is 6.10 Å². The molecule has 1 fully saturated rings. The fraction of sp³-hybridized carbons (Fsp3) is 0.188. The van der Waals surface area contributed by atoms with E-state index in [0.717, 1.165) is 20.3 Å². The minimum Gasteiger partial charge on any atom is -0.479 e. The standard InChI is InChI=1S/C16H13ClO3S/c1-16(14(20-16)15(18)19)11-5-2-10(3-6-11)4-7-12-8-9-13(17)21-12/h2-9,14H,1H3,(H,18,19). The first-order valence-corrected chi connectivity index (χ1v) is 7.63. The normalized spacial score (nSPS) is 24.4. The fourth-order valence-electron chi connectivity index (χ4n) is 2.24. The van der Waals surface area contributed by atoms with E-state index in [-0.39, 0.29) is 0 Å². The van der Waals surface area contributed by atoms with Crippen LogP contribution in [0.15, 0.2) is 36.4 Å². The summed E-state index contributed by atoms with van der Waals surface area (Å²) in [6.45, 7) is 1.80. The monoisotopic (exact) mass is 320 g/mol. The van der Waals surface area contributed by atoms with Crippen LogP contribution in [0.3, 0.4) is 0 Å². The second kappa shape index (κ2) is 5.30. The van der Waals surface area contributed by atoms with Crippen molar-refractivity contribution < 1.29 is 14.6 Å². The number of benzene rings is 1. The maximum Gasteiger partial charge on any atom is 0.336 e. The summed E-state index contributed by atoms with van der Waals surface area (Å²) in [5, 5.41) is 8.97. The zero-order chi connectivity index (χ0) is 15.0. The molecule has 0 bridgehead atoms. The lowest BCUT2D eigenvalue weighted by molar-refractivity contribution is -0.138. The van der Waals surface area contributed by atoms with E-state index in [1.54, 1.807) is 6.92 Å². The Labute approximate surface area is 131 Å². The Morgan fingerprint density at radius 2 is 2.00 bits per heavy atom. The minimum atomic E-state index is -0.920. The Morgan fingerprint density at radius 3 is 2.52 bits per heavy atom. The molecule has 2 unspecified atom stereocenters. The molecule has 3 nitrogen and oxygen atoms in total. The summed E-state index contributed by atoms with van der Waals surface area (Å²) < 4.78 is 6.06. The molecular weight excluding hydrogens is 308 g/mol. The predicted octanol–water partition coefficient (Wildman–Crippen LogP) is 4.27. The number of thiophene rings is 1. The van der Waals surface area contributed by atoms with Crippen molar-refractivity contribution in [3.05, 3.63) is 56.7 Å². The maximum atomic E-state index is 10.9. The van der Waals surface area contributed by atoms with Crippen LogP contribution in [0.25, 0.3) is 12.2 Å². The van der Waals surface area contributed by atoms with Crippen molar-refractivity contribution in [1.82, 2.24) is 0 Å². The highest BCUT2D eigenvalue weighted by molar-refractivity contribution is 7.17. The van der Waals surface area contributed by atoms with Crippen LogP contribution in [0, 0.1) is 0 Å². The highest BCUT2D eigenvalue weighted by Gasteiger charge is 2.58. The number of carbonyl (C=O) groups is 1. The van der Waals surface area contributed by atoms with E-state index in [9.17, 15) is 4.79 Å². The maximum absolute atomic E-state index is 10.9. The molecule has 108 valence electrons. The van der Waals surface area contributed by atoms with Gasteiger partial charge in [-0.3, -0.25) is 0 Å². The van der Waals surface area contributed by atoms with Crippen LogP contribution in [-0.2, 0) is 15.1 Å². The molecule has 0 aliphatic carbocycles. The average molecular weight is 321 g/mol. The van der Waals surface area contributed by atoms with Crippen LogP contribution in [0.2, 0.25) is 4.34 Å². The molecule has 1 aromatic carbocycles. The van der Waals surface area contributed by atoms with E-state index in [1.807, 2.05) is 48.6 Å². The molecule has 1 aliphatic heterocycles. The third kappa shape index (κ3) is 2.88. The van der Waals surface area contributed by atoms with Gasteiger partial charge in [-0.1, -0.05) is 41.9 Å². The molecule has 1 aliphatic rings. The van der Waals surface area contributed by atoms with Gasteiger partial charge in [0, 0.05) is 4.88 Å². The second-order valence-corrected chi connectivity index (χ2v) is 6.79. The quantitative estimate of drug-likeness (QED) is 0.856. The molecule has 0 saturated carbocycles. The zero-order valence-corrected chi connectivity index (χ0v) is 12.8. The fourth-order valence-corrected chi connectivity index (χ4v) is 3.20. The van der Waals surface area contributed by atoms with Crippen molar-refractivity contribution in [3.8, 4) is 0 Å². The van der Waals surface area contributed by atoms with Crippen LogP contribution in [0.1, 0.15) is 22.9 Å². The van der Waals surface area contributed by atoms with Gasteiger partial charge >= 0.3 is 5.97 Å². The van der Waals surface area contributed by atoms with Crippen LogP contribution < -0.4 is 0 Å². The highest BCUT2D eigenvalue weighted by atomic mass is 35.5. The van der Waals surface area contributed by atoms with Crippen LogP contribution >= 0.6 is 22.9 Å². The number of epoxide rings is 1. The van der Waals surface area contributed by atoms with E-state index < -0.39 is 17.7 Å². The van der Waals surface area contributed by atoms with Crippen LogP contribution in [0.4, 0.5) is 0 Å². The van der Waals surface area contributed by atoms with Gasteiger partial charge in [-0.25, -0.2) is 4.79 Å². The van der Waals surface area contributed by atoms with E-state index in [4.69, 9.17) is 21.4 Å². The number of hydrogen-bond donors (Lipinski definition) is 1. The van der Waals surface area contributed by atoms with Crippen molar-refractivity contribution in [3.63, 3.8) is 0 Å². The van der Waals surface area contributed by atoms with E-state index in [2.05, 4.69) is 0 Å². The third-order valence-corrected chi connectivity index (χ3v) is 4.74. The Morgan fingerprint density at radius 1 is 1.29 bits per heavy atom. The molecule has 2 atom stereocenters. The Kier molecular flexibility index (Phi) is 3.61. The minimum absolute atomic E-state index is 0.699. The second-order valence-electron chi connectivity index (χ2n) is 5.04. The van der Waals surface area contributed by atoms with Gasteiger partial charge in [0.05, 0.1) is 4.34 Å². The summed E-state index contributed by atoms with van der Waals surface area (Å²) in [5.74, 6) is -0.920. The molecule has 2 aromatic rings. The van der Waals surface area contributed by atoms with Gasteiger partial charge in [0.1, 0.15) is 5.60 Å². The summed E-state index contributed by atoms with van der Waals surface area (Å²) in [6, 6.07) is 11.6. The van der Waals surface area contributed by atoms with E-state index in [0.29, 0.717) is 0 Å². The largest absolute Gasteiger partial charge is 0.479 e. The van der Waals surface area contributed by atoms with Gasteiger partial charge in [-0.15, -0.1) is 11.3 Å². The summed E-state index contributed by atoms with van der Waals surface area (Å²) >= 11 is 7.40. The smallest absolute Gasteiger partial charge is 0.336 e. The molecule has 1 aromatic heterocycles. The summed E-state index contributed by atoms with van der Waals surface area (Å²) in [4.78, 5) is 12.0. The van der Waals surface area contributed by atoms with Crippen LogP contribution in [-0.4, -0.2) is 17.2 Å².